The number of imidazole rings is 1. The van der Waals surface area contributed by atoms with Crippen LogP contribution in [0.5, 0.6) is 0 Å². The zero-order valence-corrected chi connectivity index (χ0v) is 12.8. The monoisotopic (exact) mass is 358 g/mol. The van der Waals surface area contributed by atoms with Crippen molar-refractivity contribution < 1.29 is 5.11 Å². The molecule has 2 rings (SSSR count). The van der Waals surface area contributed by atoms with Crippen LogP contribution in [-0.4, -0.2) is 14.5 Å². The van der Waals surface area contributed by atoms with Crippen LogP contribution in [-0.2, 0) is 0 Å². The number of aliphatic hydroxyl groups excluding tert-OH is 1. The lowest BCUT2D eigenvalue weighted by Gasteiger charge is -2.15. The average Bonchev–Trinajstić information content (AvgIpc) is 2.82. The predicted molar refractivity (Wildman–Crippen MR) is 81.6 cm³/mol. The molecule has 0 amide bonds. The number of fused-ring (bicyclic) bond motifs is 1. The molecule has 2 aromatic heterocycles. The Hall–Kier alpha value is -0.620. The number of hydrogen-bond acceptors (Lipinski definition) is 2. The van der Waals surface area contributed by atoms with Crippen molar-refractivity contribution in [2.75, 3.05) is 0 Å². The zero-order chi connectivity index (χ0) is 13.0. The van der Waals surface area contributed by atoms with Crippen molar-refractivity contribution >= 4 is 28.1 Å². The van der Waals surface area contributed by atoms with Gasteiger partial charge < -0.3 is 5.11 Å². The van der Waals surface area contributed by atoms with Gasteiger partial charge in [0.1, 0.15) is 0 Å². The quantitative estimate of drug-likeness (QED) is 0.627. The minimum atomic E-state index is -0.397. The Labute approximate surface area is 121 Å². The van der Waals surface area contributed by atoms with Gasteiger partial charge in [0.05, 0.1) is 29.8 Å². The van der Waals surface area contributed by atoms with Crippen LogP contribution in [0, 0.1) is 3.57 Å². The molecule has 3 nitrogen and oxygen atoms in total. The molecule has 1 atom stereocenters. The molecule has 2 aromatic rings. The van der Waals surface area contributed by atoms with Gasteiger partial charge in [-0.2, -0.15) is 0 Å². The molecule has 1 unspecified atom stereocenters. The molecule has 0 radical (unpaired) electrons. The van der Waals surface area contributed by atoms with Gasteiger partial charge in [-0.1, -0.05) is 32.6 Å². The molecule has 0 fully saturated rings. The zero-order valence-electron chi connectivity index (χ0n) is 10.6. The lowest BCUT2D eigenvalue weighted by Crippen LogP contribution is -2.06. The molecular weight excluding hydrogens is 339 g/mol. The van der Waals surface area contributed by atoms with Crippen molar-refractivity contribution in [2.24, 2.45) is 0 Å². The third kappa shape index (κ3) is 3.03. The smallest absolute Gasteiger partial charge is 0.0995 e. The summed E-state index contributed by atoms with van der Waals surface area (Å²) in [4.78, 5) is 4.14. The van der Waals surface area contributed by atoms with Gasteiger partial charge in [-0.3, -0.25) is 4.40 Å². The van der Waals surface area contributed by atoms with E-state index < -0.39 is 6.10 Å². The number of aromatic nitrogens is 2. The normalized spacial score (nSPS) is 13.1. The van der Waals surface area contributed by atoms with Crippen LogP contribution in [0.15, 0.2) is 24.7 Å². The molecule has 1 N–H and O–H groups in total. The third-order valence-electron chi connectivity index (χ3n) is 3.22. The lowest BCUT2D eigenvalue weighted by atomic mass is 10.1. The highest BCUT2D eigenvalue weighted by atomic mass is 127. The fraction of sp³-hybridized carbons (Fsp3) is 0.500. The van der Waals surface area contributed by atoms with Gasteiger partial charge in [-0.15, -0.1) is 0 Å². The largest absolute Gasteiger partial charge is 0.387 e. The lowest BCUT2D eigenvalue weighted by molar-refractivity contribution is 0.156. The minimum Gasteiger partial charge on any atom is -0.387 e. The van der Waals surface area contributed by atoms with E-state index in [-0.39, 0.29) is 0 Å². The van der Waals surface area contributed by atoms with Crippen LogP contribution < -0.4 is 0 Å². The summed E-state index contributed by atoms with van der Waals surface area (Å²) in [6.45, 7) is 2.20. The van der Waals surface area contributed by atoms with Gasteiger partial charge in [0.2, 0.25) is 0 Å². The standard InChI is InChI=1S/C14H19IN2O/c1-2-3-4-5-6-13(18)14-12(15)8-7-11-9-16-10-17(11)14/h7-10,13,18H,2-6H2,1H3. The second kappa shape index (κ2) is 6.52. The van der Waals surface area contributed by atoms with Crippen LogP contribution in [0.3, 0.4) is 0 Å². The van der Waals surface area contributed by atoms with E-state index in [1.54, 1.807) is 6.33 Å². The first-order chi connectivity index (χ1) is 8.74. The molecule has 4 heteroatoms. The average molecular weight is 358 g/mol. The molecule has 0 aliphatic heterocycles. The van der Waals surface area contributed by atoms with Crippen molar-refractivity contribution in [2.45, 2.75) is 45.1 Å². The maximum absolute atomic E-state index is 10.4. The number of hydrogen-bond donors (Lipinski definition) is 1. The number of nitrogens with zero attached hydrogens (tertiary/aromatic N) is 2. The Morgan fingerprint density at radius 3 is 2.94 bits per heavy atom. The Kier molecular flexibility index (Phi) is 5.00. The number of aliphatic hydroxyl groups is 1. The first-order valence-corrected chi connectivity index (χ1v) is 7.60. The van der Waals surface area contributed by atoms with Gasteiger partial charge >= 0.3 is 0 Å². The summed E-state index contributed by atoms with van der Waals surface area (Å²) in [5, 5.41) is 10.4. The van der Waals surface area contributed by atoms with E-state index in [0.29, 0.717) is 0 Å². The summed E-state index contributed by atoms with van der Waals surface area (Å²) >= 11 is 2.28. The predicted octanol–water partition coefficient (Wildman–Crippen LogP) is 3.94. The second-order valence-electron chi connectivity index (χ2n) is 4.62. The molecule has 18 heavy (non-hydrogen) atoms. The second-order valence-corrected chi connectivity index (χ2v) is 5.78. The van der Waals surface area contributed by atoms with Gasteiger partial charge in [0, 0.05) is 3.57 Å². The Bertz CT molecular complexity index is 509. The van der Waals surface area contributed by atoms with E-state index in [1.165, 1.54) is 19.3 Å². The van der Waals surface area contributed by atoms with Crippen molar-refractivity contribution in [3.05, 3.63) is 33.9 Å². The highest BCUT2D eigenvalue weighted by Gasteiger charge is 2.14. The summed E-state index contributed by atoms with van der Waals surface area (Å²) in [7, 11) is 0. The van der Waals surface area contributed by atoms with E-state index in [2.05, 4.69) is 34.5 Å². The summed E-state index contributed by atoms with van der Waals surface area (Å²) in [6.07, 6.45) is 8.79. The summed E-state index contributed by atoms with van der Waals surface area (Å²) in [5.74, 6) is 0. The van der Waals surface area contributed by atoms with Crippen LogP contribution in [0.2, 0.25) is 0 Å². The molecule has 0 spiro atoms. The van der Waals surface area contributed by atoms with Crippen LogP contribution in [0.4, 0.5) is 0 Å². The Balaban J connectivity index is 2.13. The molecule has 0 saturated carbocycles. The van der Waals surface area contributed by atoms with Crippen molar-refractivity contribution in [3.63, 3.8) is 0 Å². The first-order valence-electron chi connectivity index (χ1n) is 6.52. The van der Waals surface area contributed by atoms with Crippen LogP contribution in [0.1, 0.15) is 50.8 Å². The van der Waals surface area contributed by atoms with E-state index in [1.807, 2.05) is 22.7 Å². The molecule has 2 heterocycles. The van der Waals surface area contributed by atoms with Crippen molar-refractivity contribution in [1.29, 1.82) is 0 Å². The topological polar surface area (TPSA) is 37.5 Å². The van der Waals surface area contributed by atoms with E-state index >= 15 is 0 Å². The molecule has 0 aliphatic rings. The number of halogens is 1. The maximum Gasteiger partial charge on any atom is 0.0995 e. The Morgan fingerprint density at radius 2 is 2.17 bits per heavy atom. The maximum atomic E-state index is 10.4. The highest BCUT2D eigenvalue weighted by Crippen LogP contribution is 2.25. The third-order valence-corrected chi connectivity index (χ3v) is 4.13. The van der Waals surface area contributed by atoms with Gasteiger partial charge in [-0.05, 0) is 41.1 Å². The summed E-state index contributed by atoms with van der Waals surface area (Å²) in [6, 6.07) is 4.07. The highest BCUT2D eigenvalue weighted by molar-refractivity contribution is 14.1. The minimum absolute atomic E-state index is 0.397. The SMILES string of the molecule is CCCCCCC(O)c1c(I)ccc2cncn12. The van der Waals surface area contributed by atoms with Crippen molar-refractivity contribution in [1.82, 2.24) is 9.38 Å². The number of rotatable bonds is 6. The van der Waals surface area contributed by atoms with E-state index in [9.17, 15) is 5.11 Å². The van der Waals surface area contributed by atoms with E-state index in [0.717, 1.165) is 27.6 Å². The number of unbranched alkanes of at least 4 members (excludes halogenated alkanes) is 3. The van der Waals surface area contributed by atoms with Gasteiger partial charge in [-0.25, -0.2) is 4.98 Å². The van der Waals surface area contributed by atoms with Crippen molar-refractivity contribution in [3.8, 4) is 0 Å². The molecular formula is C14H19IN2O. The number of pyridine rings is 1. The van der Waals surface area contributed by atoms with Crippen LogP contribution >= 0.6 is 22.6 Å². The molecule has 0 bridgehead atoms. The summed E-state index contributed by atoms with van der Waals surface area (Å²) < 4.78 is 3.09. The Morgan fingerprint density at radius 1 is 1.33 bits per heavy atom. The fourth-order valence-electron chi connectivity index (χ4n) is 2.21. The van der Waals surface area contributed by atoms with Crippen LogP contribution in [0.25, 0.3) is 5.52 Å². The molecule has 98 valence electrons. The van der Waals surface area contributed by atoms with Gasteiger partial charge in [0.15, 0.2) is 0 Å². The summed E-state index contributed by atoms with van der Waals surface area (Å²) in [5.41, 5.74) is 2.01. The first kappa shape index (κ1) is 13.8. The molecule has 0 saturated heterocycles. The van der Waals surface area contributed by atoms with Gasteiger partial charge in [0.25, 0.3) is 0 Å². The van der Waals surface area contributed by atoms with E-state index in [4.69, 9.17) is 0 Å². The fourth-order valence-corrected chi connectivity index (χ4v) is 3.01. The molecule has 0 aliphatic carbocycles. The molecule has 0 aromatic carbocycles.